The molecule has 2 N–H and O–H groups in total. The third kappa shape index (κ3) is 18.7. The molecular formula is C15H30N2O6. The van der Waals surface area contributed by atoms with Gasteiger partial charge >= 0.3 is 5.97 Å². The number of carbonyl (C=O) groups is 2. The monoisotopic (exact) mass is 334 g/mol. The van der Waals surface area contributed by atoms with Crippen LogP contribution >= 0.6 is 0 Å². The highest BCUT2D eigenvalue weighted by atomic mass is 16.5. The number of carboxylic acid groups (broad SMARTS) is 1. The first kappa shape index (κ1) is 21.8. The molecule has 0 aromatic carbocycles. The standard InChI is InChI=1S/C15H30N2O6/c1-17(2)7-9-22-11-13-23-12-10-21-8-6-16-14(18)4-3-5-15(19)20/h3-13H2,1-2H3,(H,16,18)(H,19,20). The normalized spacial score (nSPS) is 10.9. The van der Waals surface area contributed by atoms with E-state index in [4.69, 9.17) is 19.3 Å². The summed E-state index contributed by atoms with van der Waals surface area (Å²) in [6.45, 7) is 4.48. The maximum absolute atomic E-state index is 11.3. The summed E-state index contributed by atoms with van der Waals surface area (Å²) < 4.78 is 16.0. The molecule has 0 spiro atoms. The van der Waals surface area contributed by atoms with E-state index in [1.807, 2.05) is 14.1 Å². The lowest BCUT2D eigenvalue weighted by molar-refractivity contribution is -0.137. The van der Waals surface area contributed by atoms with Gasteiger partial charge in [0, 0.05) is 25.9 Å². The number of carboxylic acids is 1. The second kappa shape index (κ2) is 15.7. The molecule has 0 aliphatic rings. The van der Waals surface area contributed by atoms with Gasteiger partial charge < -0.3 is 29.5 Å². The molecule has 0 fully saturated rings. The predicted molar refractivity (Wildman–Crippen MR) is 85.5 cm³/mol. The average Bonchev–Trinajstić information content (AvgIpc) is 2.47. The summed E-state index contributed by atoms with van der Waals surface area (Å²) in [5, 5.41) is 11.1. The van der Waals surface area contributed by atoms with E-state index < -0.39 is 5.97 Å². The Morgan fingerprint density at radius 3 is 2.04 bits per heavy atom. The number of rotatable bonds is 16. The predicted octanol–water partition coefficient (Wildman–Crippen LogP) is -0.0311. The topological polar surface area (TPSA) is 97.3 Å². The van der Waals surface area contributed by atoms with Crippen molar-refractivity contribution in [1.29, 1.82) is 0 Å². The van der Waals surface area contributed by atoms with Crippen LogP contribution in [0.5, 0.6) is 0 Å². The minimum absolute atomic E-state index is 0.0140. The maximum Gasteiger partial charge on any atom is 0.303 e. The van der Waals surface area contributed by atoms with Gasteiger partial charge in [0.05, 0.1) is 39.6 Å². The van der Waals surface area contributed by atoms with Crippen LogP contribution in [0.4, 0.5) is 0 Å². The number of aliphatic carboxylic acids is 1. The largest absolute Gasteiger partial charge is 0.481 e. The highest BCUT2D eigenvalue weighted by molar-refractivity contribution is 5.76. The van der Waals surface area contributed by atoms with E-state index in [0.29, 0.717) is 52.6 Å². The van der Waals surface area contributed by atoms with Gasteiger partial charge in [0.15, 0.2) is 0 Å². The fourth-order valence-corrected chi connectivity index (χ4v) is 1.54. The van der Waals surface area contributed by atoms with E-state index in [0.717, 1.165) is 6.54 Å². The number of nitrogens with zero attached hydrogens (tertiary/aromatic N) is 1. The Morgan fingerprint density at radius 1 is 0.913 bits per heavy atom. The Balaban J connectivity index is 3.15. The fraction of sp³-hybridized carbons (Fsp3) is 0.867. The van der Waals surface area contributed by atoms with Gasteiger partial charge in [-0.05, 0) is 20.5 Å². The molecule has 0 aromatic rings. The Kier molecular flexibility index (Phi) is 14.8. The van der Waals surface area contributed by atoms with Gasteiger partial charge in [0.25, 0.3) is 0 Å². The lowest BCUT2D eigenvalue weighted by atomic mass is 10.2. The summed E-state index contributed by atoms with van der Waals surface area (Å²) in [4.78, 5) is 23.7. The summed E-state index contributed by atoms with van der Waals surface area (Å²) in [5.41, 5.74) is 0. The van der Waals surface area contributed by atoms with Crippen molar-refractivity contribution < 1.29 is 28.9 Å². The van der Waals surface area contributed by atoms with Crippen LogP contribution in [0.2, 0.25) is 0 Å². The van der Waals surface area contributed by atoms with Crippen LogP contribution in [0.1, 0.15) is 19.3 Å². The van der Waals surface area contributed by atoms with Crippen LogP contribution in [0.25, 0.3) is 0 Å². The van der Waals surface area contributed by atoms with E-state index in [1.54, 1.807) is 0 Å². The molecule has 0 unspecified atom stereocenters. The molecule has 0 aromatic heterocycles. The summed E-state index contributed by atoms with van der Waals surface area (Å²) >= 11 is 0. The minimum atomic E-state index is -0.885. The minimum Gasteiger partial charge on any atom is -0.481 e. The van der Waals surface area contributed by atoms with Crippen molar-refractivity contribution in [3.63, 3.8) is 0 Å². The number of hydrogen-bond donors (Lipinski definition) is 2. The lowest BCUT2D eigenvalue weighted by Crippen LogP contribution is -2.27. The molecule has 0 saturated heterocycles. The van der Waals surface area contributed by atoms with Crippen molar-refractivity contribution in [2.24, 2.45) is 0 Å². The van der Waals surface area contributed by atoms with E-state index in [-0.39, 0.29) is 18.7 Å². The first-order valence-corrected chi connectivity index (χ1v) is 7.89. The van der Waals surface area contributed by atoms with Crippen LogP contribution in [0, 0.1) is 0 Å². The number of hydrogen-bond acceptors (Lipinski definition) is 6. The highest BCUT2D eigenvalue weighted by Crippen LogP contribution is 1.94. The van der Waals surface area contributed by atoms with Crippen LogP contribution in [-0.2, 0) is 23.8 Å². The molecule has 8 heteroatoms. The third-order valence-corrected chi connectivity index (χ3v) is 2.79. The van der Waals surface area contributed by atoms with Crippen molar-refractivity contribution in [1.82, 2.24) is 10.2 Å². The Bertz CT molecular complexity index is 312. The van der Waals surface area contributed by atoms with E-state index >= 15 is 0 Å². The number of amides is 1. The van der Waals surface area contributed by atoms with Gasteiger partial charge in [-0.3, -0.25) is 9.59 Å². The SMILES string of the molecule is CN(C)CCOCCOCCOCCNC(=O)CCCC(=O)O. The van der Waals surface area contributed by atoms with Gasteiger partial charge in [0.2, 0.25) is 5.91 Å². The molecule has 8 nitrogen and oxygen atoms in total. The molecule has 0 rings (SSSR count). The molecular weight excluding hydrogens is 304 g/mol. The number of carbonyl (C=O) groups excluding carboxylic acids is 1. The average molecular weight is 334 g/mol. The quantitative estimate of drug-likeness (QED) is 0.383. The maximum atomic E-state index is 11.3. The van der Waals surface area contributed by atoms with Crippen LogP contribution in [0.15, 0.2) is 0 Å². The van der Waals surface area contributed by atoms with Crippen LogP contribution in [0.3, 0.4) is 0 Å². The van der Waals surface area contributed by atoms with Crippen LogP contribution in [-0.4, -0.2) is 88.7 Å². The van der Waals surface area contributed by atoms with Gasteiger partial charge in [0.1, 0.15) is 0 Å². The molecule has 0 saturated carbocycles. The van der Waals surface area contributed by atoms with Crippen molar-refractivity contribution in [2.75, 3.05) is 66.8 Å². The van der Waals surface area contributed by atoms with Gasteiger partial charge in [-0.25, -0.2) is 0 Å². The summed E-state index contributed by atoms with van der Waals surface area (Å²) in [5.74, 6) is -1.04. The van der Waals surface area contributed by atoms with Crippen molar-refractivity contribution in [3.8, 4) is 0 Å². The third-order valence-electron chi connectivity index (χ3n) is 2.79. The Hall–Kier alpha value is -1.22. The highest BCUT2D eigenvalue weighted by Gasteiger charge is 2.03. The zero-order valence-electron chi connectivity index (χ0n) is 14.2. The second-order valence-corrected chi connectivity index (χ2v) is 5.24. The fourth-order valence-electron chi connectivity index (χ4n) is 1.54. The summed E-state index contributed by atoms with van der Waals surface area (Å²) in [6, 6.07) is 0. The smallest absolute Gasteiger partial charge is 0.303 e. The van der Waals surface area contributed by atoms with Gasteiger partial charge in [-0.2, -0.15) is 0 Å². The van der Waals surface area contributed by atoms with Crippen LogP contribution < -0.4 is 5.32 Å². The molecule has 0 aliphatic carbocycles. The van der Waals surface area contributed by atoms with Crippen molar-refractivity contribution in [3.05, 3.63) is 0 Å². The molecule has 0 aliphatic heterocycles. The first-order chi connectivity index (χ1) is 11.0. The van der Waals surface area contributed by atoms with Crippen molar-refractivity contribution in [2.45, 2.75) is 19.3 Å². The van der Waals surface area contributed by atoms with Gasteiger partial charge in [-0.15, -0.1) is 0 Å². The van der Waals surface area contributed by atoms with E-state index in [9.17, 15) is 9.59 Å². The summed E-state index contributed by atoms with van der Waals surface area (Å²) in [7, 11) is 3.99. The van der Waals surface area contributed by atoms with E-state index in [1.165, 1.54) is 0 Å². The first-order valence-electron chi connectivity index (χ1n) is 7.89. The molecule has 1 amide bonds. The molecule has 0 radical (unpaired) electrons. The zero-order chi connectivity index (χ0) is 17.3. The molecule has 0 heterocycles. The summed E-state index contributed by atoms with van der Waals surface area (Å²) in [6.07, 6.45) is 0.593. The second-order valence-electron chi connectivity index (χ2n) is 5.24. The van der Waals surface area contributed by atoms with Gasteiger partial charge in [-0.1, -0.05) is 0 Å². The lowest BCUT2D eigenvalue weighted by Gasteiger charge is -2.10. The number of nitrogens with one attached hydrogen (secondary N) is 1. The van der Waals surface area contributed by atoms with E-state index in [2.05, 4.69) is 10.2 Å². The molecule has 136 valence electrons. The Labute approximate surface area is 138 Å². The number of ether oxygens (including phenoxy) is 3. The van der Waals surface area contributed by atoms with Crippen molar-refractivity contribution >= 4 is 11.9 Å². The Morgan fingerprint density at radius 2 is 1.48 bits per heavy atom. The zero-order valence-corrected chi connectivity index (χ0v) is 14.2. The number of likely N-dealkylation sites (N-methyl/N-ethyl adjacent to an activating group) is 1. The molecule has 23 heavy (non-hydrogen) atoms. The molecule has 0 bridgehead atoms. The molecule has 0 atom stereocenters.